The topological polar surface area (TPSA) is 71.1 Å². The first-order valence-corrected chi connectivity index (χ1v) is 9.58. The second-order valence-electron chi connectivity index (χ2n) is 7.36. The van der Waals surface area contributed by atoms with Gasteiger partial charge in [-0.25, -0.2) is 0 Å². The lowest BCUT2D eigenvalue weighted by Crippen LogP contribution is -2.45. The minimum atomic E-state index is -0.228. The van der Waals surface area contributed by atoms with Gasteiger partial charge in [-0.3, -0.25) is 14.5 Å². The highest BCUT2D eigenvalue weighted by Crippen LogP contribution is 2.30. The standard InChI is InChI=1S/C22H27N3O4/c1-16-8-10-17(11-9-16)23-21(26)13-24(2)14-22(27)25(3)12-18-15-28-19-6-4-5-7-20(19)29-18/h4-11,18H,12-15H2,1-3H3,(H,23,26)/t18-/m1/s1. The van der Waals surface area contributed by atoms with Crippen LogP contribution in [0.2, 0.25) is 0 Å². The van der Waals surface area contributed by atoms with Gasteiger partial charge >= 0.3 is 0 Å². The van der Waals surface area contributed by atoms with Gasteiger partial charge in [0.05, 0.1) is 19.6 Å². The van der Waals surface area contributed by atoms with E-state index in [2.05, 4.69) is 5.32 Å². The summed E-state index contributed by atoms with van der Waals surface area (Å²) in [6.07, 6.45) is -0.228. The molecule has 0 bridgehead atoms. The van der Waals surface area contributed by atoms with E-state index in [1.165, 1.54) is 0 Å². The lowest BCUT2D eigenvalue weighted by Gasteiger charge is -2.30. The van der Waals surface area contributed by atoms with E-state index >= 15 is 0 Å². The van der Waals surface area contributed by atoms with Gasteiger partial charge in [0.2, 0.25) is 11.8 Å². The number of anilines is 1. The summed E-state index contributed by atoms with van der Waals surface area (Å²) in [5.74, 6) is 1.16. The van der Waals surface area contributed by atoms with Crippen LogP contribution in [-0.2, 0) is 9.59 Å². The molecule has 7 nitrogen and oxygen atoms in total. The Morgan fingerprint density at radius 1 is 1.03 bits per heavy atom. The molecule has 2 aromatic carbocycles. The Kier molecular flexibility index (Phi) is 6.72. The third-order valence-electron chi connectivity index (χ3n) is 4.62. The Labute approximate surface area is 171 Å². The molecule has 29 heavy (non-hydrogen) atoms. The molecule has 1 aliphatic heterocycles. The van der Waals surface area contributed by atoms with Crippen molar-refractivity contribution in [3.05, 3.63) is 54.1 Å². The number of ether oxygens (including phenoxy) is 2. The van der Waals surface area contributed by atoms with Crippen LogP contribution in [0.1, 0.15) is 5.56 Å². The van der Waals surface area contributed by atoms with Gasteiger partial charge < -0.3 is 19.7 Å². The molecule has 1 N–H and O–H groups in total. The van der Waals surface area contributed by atoms with Crippen molar-refractivity contribution >= 4 is 17.5 Å². The molecule has 0 radical (unpaired) electrons. The molecule has 7 heteroatoms. The number of hydrogen-bond donors (Lipinski definition) is 1. The van der Waals surface area contributed by atoms with Crippen LogP contribution in [0.3, 0.4) is 0 Å². The smallest absolute Gasteiger partial charge is 0.238 e. The van der Waals surface area contributed by atoms with E-state index in [4.69, 9.17) is 9.47 Å². The largest absolute Gasteiger partial charge is 0.486 e. The van der Waals surface area contributed by atoms with Crippen molar-refractivity contribution in [2.45, 2.75) is 13.0 Å². The lowest BCUT2D eigenvalue weighted by molar-refractivity contribution is -0.132. The van der Waals surface area contributed by atoms with E-state index in [1.807, 2.05) is 55.5 Å². The van der Waals surface area contributed by atoms with Gasteiger partial charge in [-0.15, -0.1) is 0 Å². The SMILES string of the molecule is Cc1ccc(NC(=O)CN(C)CC(=O)N(C)C[C@@H]2COc3ccccc3O2)cc1. The predicted molar refractivity (Wildman–Crippen MR) is 111 cm³/mol. The van der Waals surface area contributed by atoms with Gasteiger partial charge in [-0.1, -0.05) is 29.8 Å². The number of benzene rings is 2. The maximum Gasteiger partial charge on any atom is 0.238 e. The number of rotatable bonds is 7. The van der Waals surface area contributed by atoms with Crippen molar-refractivity contribution in [2.75, 3.05) is 45.7 Å². The van der Waals surface area contributed by atoms with Crippen molar-refractivity contribution < 1.29 is 19.1 Å². The molecule has 3 rings (SSSR count). The first-order chi connectivity index (χ1) is 13.9. The maximum absolute atomic E-state index is 12.5. The summed E-state index contributed by atoms with van der Waals surface area (Å²) in [7, 11) is 3.48. The van der Waals surface area contributed by atoms with Crippen LogP contribution in [0.15, 0.2) is 48.5 Å². The summed E-state index contributed by atoms with van der Waals surface area (Å²) in [6.45, 7) is 3.07. The fourth-order valence-corrected chi connectivity index (χ4v) is 3.05. The number of aryl methyl sites for hydroxylation is 1. The second-order valence-corrected chi connectivity index (χ2v) is 7.36. The molecule has 0 aliphatic carbocycles. The van der Waals surface area contributed by atoms with Crippen LogP contribution >= 0.6 is 0 Å². The van der Waals surface area contributed by atoms with Crippen molar-refractivity contribution in [3.8, 4) is 11.5 Å². The number of carbonyl (C=O) groups is 2. The molecule has 0 saturated carbocycles. The maximum atomic E-state index is 12.5. The molecule has 0 saturated heterocycles. The molecular formula is C22H27N3O4. The van der Waals surface area contributed by atoms with Crippen molar-refractivity contribution in [3.63, 3.8) is 0 Å². The van der Waals surface area contributed by atoms with Crippen LogP contribution in [-0.4, -0.2) is 68.1 Å². The Hall–Kier alpha value is -3.06. The number of nitrogens with zero attached hydrogens (tertiary/aromatic N) is 2. The zero-order valence-electron chi connectivity index (χ0n) is 17.1. The molecule has 0 unspecified atom stereocenters. The highest BCUT2D eigenvalue weighted by molar-refractivity contribution is 5.92. The number of para-hydroxylation sites is 2. The fraction of sp³-hybridized carbons (Fsp3) is 0.364. The highest BCUT2D eigenvalue weighted by atomic mass is 16.6. The number of likely N-dealkylation sites (N-methyl/N-ethyl adjacent to an activating group) is 2. The zero-order valence-corrected chi connectivity index (χ0v) is 17.1. The molecule has 154 valence electrons. The number of fused-ring (bicyclic) bond motifs is 1. The summed E-state index contributed by atoms with van der Waals surface area (Å²) in [5.41, 5.74) is 1.87. The number of nitrogens with one attached hydrogen (secondary N) is 1. The molecule has 0 aromatic heterocycles. The Balaban J connectivity index is 1.43. The van der Waals surface area contributed by atoms with E-state index < -0.39 is 0 Å². The van der Waals surface area contributed by atoms with E-state index in [0.717, 1.165) is 17.0 Å². The Morgan fingerprint density at radius 2 is 1.72 bits per heavy atom. The normalized spacial score (nSPS) is 15.1. The van der Waals surface area contributed by atoms with Gasteiger partial charge in [0.1, 0.15) is 6.61 Å². The lowest BCUT2D eigenvalue weighted by atomic mass is 10.2. The molecule has 1 heterocycles. The number of amides is 2. The van der Waals surface area contributed by atoms with E-state index in [0.29, 0.717) is 18.9 Å². The van der Waals surface area contributed by atoms with Gasteiger partial charge in [-0.05, 0) is 38.2 Å². The molecular weight excluding hydrogens is 370 g/mol. The third-order valence-corrected chi connectivity index (χ3v) is 4.62. The summed E-state index contributed by atoms with van der Waals surface area (Å²) in [4.78, 5) is 28.0. The summed E-state index contributed by atoms with van der Waals surface area (Å²) >= 11 is 0. The van der Waals surface area contributed by atoms with Gasteiger partial charge in [0, 0.05) is 12.7 Å². The van der Waals surface area contributed by atoms with Crippen LogP contribution in [0.5, 0.6) is 11.5 Å². The average Bonchev–Trinajstić information content (AvgIpc) is 2.69. The number of carbonyl (C=O) groups excluding carboxylic acids is 2. The Morgan fingerprint density at radius 3 is 2.45 bits per heavy atom. The average molecular weight is 397 g/mol. The minimum absolute atomic E-state index is 0.0851. The minimum Gasteiger partial charge on any atom is -0.486 e. The van der Waals surface area contributed by atoms with Crippen LogP contribution in [0.25, 0.3) is 0 Å². The Bertz CT molecular complexity index is 853. The zero-order chi connectivity index (χ0) is 20.8. The quantitative estimate of drug-likeness (QED) is 0.775. The van der Waals surface area contributed by atoms with Crippen molar-refractivity contribution in [1.82, 2.24) is 9.80 Å². The number of hydrogen-bond acceptors (Lipinski definition) is 5. The summed E-state index contributed by atoms with van der Waals surface area (Å²) in [5, 5.41) is 2.84. The molecule has 1 atom stereocenters. The van der Waals surface area contributed by atoms with Crippen LogP contribution < -0.4 is 14.8 Å². The van der Waals surface area contributed by atoms with E-state index in [9.17, 15) is 9.59 Å². The van der Waals surface area contributed by atoms with Crippen LogP contribution in [0, 0.1) is 6.92 Å². The van der Waals surface area contributed by atoms with Crippen molar-refractivity contribution in [1.29, 1.82) is 0 Å². The second kappa shape index (κ2) is 9.43. The summed E-state index contributed by atoms with van der Waals surface area (Å²) in [6, 6.07) is 15.1. The van der Waals surface area contributed by atoms with Crippen LogP contribution in [0.4, 0.5) is 5.69 Å². The highest BCUT2D eigenvalue weighted by Gasteiger charge is 2.24. The van der Waals surface area contributed by atoms with E-state index in [1.54, 1.807) is 23.9 Å². The molecule has 2 amide bonds. The molecule has 0 fully saturated rings. The van der Waals surface area contributed by atoms with E-state index in [-0.39, 0.29) is 31.0 Å². The first kappa shape index (κ1) is 20.7. The first-order valence-electron chi connectivity index (χ1n) is 9.58. The van der Waals surface area contributed by atoms with Gasteiger partial charge in [0.25, 0.3) is 0 Å². The van der Waals surface area contributed by atoms with Gasteiger partial charge in [0.15, 0.2) is 17.6 Å². The predicted octanol–water partition coefficient (Wildman–Crippen LogP) is 2.16. The summed E-state index contributed by atoms with van der Waals surface area (Å²) < 4.78 is 11.6. The molecule has 1 aliphatic rings. The monoisotopic (exact) mass is 397 g/mol. The third kappa shape index (κ3) is 5.96. The van der Waals surface area contributed by atoms with Gasteiger partial charge in [-0.2, -0.15) is 0 Å². The fourth-order valence-electron chi connectivity index (χ4n) is 3.05. The van der Waals surface area contributed by atoms with Crippen molar-refractivity contribution in [2.24, 2.45) is 0 Å². The molecule has 2 aromatic rings. The molecule has 0 spiro atoms.